The molecule has 0 aromatic carbocycles. The van der Waals surface area contributed by atoms with Crippen LogP contribution in [0, 0.1) is 22.7 Å². The van der Waals surface area contributed by atoms with Crippen molar-refractivity contribution in [3.8, 4) is 6.07 Å². The fraction of sp³-hybridized carbons (Fsp3) is 0.556. The van der Waals surface area contributed by atoms with Crippen molar-refractivity contribution < 1.29 is 0 Å². The van der Waals surface area contributed by atoms with E-state index in [1.165, 1.54) is 12.8 Å². The average Bonchev–Trinajstić information content (AvgIpc) is 3.06. The van der Waals surface area contributed by atoms with Gasteiger partial charge in [-0.2, -0.15) is 5.26 Å². The summed E-state index contributed by atoms with van der Waals surface area (Å²) in [5.41, 5.74) is 1.51. The molecule has 1 unspecified atom stereocenters. The first-order chi connectivity index (χ1) is 11.3. The molecule has 4 rings (SSSR count). The second kappa shape index (κ2) is 4.79. The van der Waals surface area contributed by atoms with Gasteiger partial charge in [0.25, 0.3) is 0 Å². The maximum Gasteiger partial charge on any atom is 0.223 e. The highest BCUT2D eigenvalue weighted by Crippen LogP contribution is 2.67. The summed E-state index contributed by atoms with van der Waals surface area (Å²) in [6.07, 6.45) is 4.27. The van der Waals surface area contributed by atoms with E-state index < -0.39 is 0 Å². The second-order valence-corrected chi connectivity index (χ2v) is 8.39. The summed E-state index contributed by atoms with van der Waals surface area (Å²) < 4.78 is 0. The predicted octanol–water partition coefficient (Wildman–Crippen LogP) is 3.32. The Morgan fingerprint density at radius 3 is 2.67 bits per heavy atom. The van der Waals surface area contributed by atoms with Gasteiger partial charge in [-0.1, -0.05) is 6.92 Å². The third-order valence-electron chi connectivity index (χ3n) is 5.08. The van der Waals surface area contributed by atoms with Crippen LogP contribution in [0.1, 0.15) is 46.2 Å². The van der Waals surface area contributed by atoms with Gasteiger partial charge < -0.3 is 10.6 Å². The number of pyridine rings is 1. The van der Waals surface area contributed by atoms with Crippen LogP contribution in [0.4, 0.5) is 11.8 Å². The molecule has 2 aromatic heterocycles. The standard InChI is InChI=1S/C18H22N6/c1-17(2,3)24-15-14-10(5-11(8-19)21-15)9-20-16(23-14)22-13-7-18(4)6-12(13)18/h5,9,12-13H,6-7H2,1-4H3,(H,21,24)(H,20,22,23)/t12?,13-,18-/m0/s1. The molecule has 2 fully saturated rings. The third-order valence-corrected chi connectivity index (χ3v) is 5.08. The predicted molar refractivity (Wildman–Crippen MR) is 93.7 cm³/mol. The molecule has 6 nitrogen and oxygen atoms in total. The summed E-state index contributed by atoms with van der Waals surface area (Å²) in [4.78, 5) is 13.5. The third kappa shape index (κ3) is 2.54. The number of fused-ring (bicyclic) bond motifs is 2. The van der Waals surface area contributed by atoms with Crippen molar-refractivity contribution in [2.75, 3.05) is 10.6 Å². The van der Waals surface area contributed by atoms with Crippen molar-refractivity contribution in [3.05, 3.63) is 18.0 Å². The Morgan fingerprint density at radius 2 is 2.08 bits per heavy atom. The van der Waals surface area contributed by atoms with Crippen molar-refractivity contribution in [1.29, 1.82) is 5.26 Å². The van der Waals surface area contributed by atoms with Gasteiger partial charge in [0.1, 0.15) is 17.3 Å². The van der Waals surface area contributed by atoms with Gasteiger partial charge in [0.2, 0.25) is 5.95 Å². The zero-order valence-corrected chi connectivity index (χ0v) is 14.5. The zero-order chi connectivity index (χ0) is 17.1. The van der Waals surface area contributed by atoms with E-state index in [9.17, 15) is 5.26 Å². The molecule has 0 saturated heterocycles. The van der Waals surface area contributed by atoms with E-state index in [0.29, 0.717) is 28.9 Å². The molecule has 0 bridgehead atoms. The SMILES string of the molecule is CC(C)(C)Nc1nc(C#N)cc2cnc(N[C@H]3C[C@]4(C)CC34)nc12. The normalized spacial score (nSPS) is 27.8. The van der Waals surface area contributed by atoms with Gasteiger partial charge in [-0.3, -0.25) is 0 Å². The molecule has 2 heterocycles. The first kappa shape index (κ1) is 15.1. The molecule has 124 valence electrons. The molecule has 0 spiro atoms. The summed E-state index contributed by atoms with van der Waals surface area (Å²) in [6.45, 7) is 8.52. The van der Waals surface area contributed by atoms with E-state index >= 15 is 0 Å². The van der Waals surface area contributed by atoms with E-state index in [0.717, 1.165) is 16.8 Å². The molecule has 0 amide bonds. The molecular formula is C18H22N6. The van der Waals surface area contributed by atoms with Gasteiger partial charge in [0, 0.05) is 23.2 Å². The van der Waals surface area contributed by atoms with Gasteiger partial charge in [0.15, 0.2) is 5.82 Å². The molecule has 3 atom stereocenters. The van der Waals surface area contributed by atoms with Crippen LogP contribution in [-0.4, -0.2) is 26.5 Å². The van der Waals surface area contributed by atoms with Crippen molar-refractivity contribution >= 4 is 22.7 Å². The summed E-state index contributed by atoms with van der Waals surface area (Å²) in [5, 5.41) is 16.8. The molecule has 2 saturated carbocycles. The van der Waals surface area contributed by atoms with Gasteiger partial charge in [-0.25, -0.2) is 15.0 Å². The molecule has 2 aliphatic carbocycles. The number of hydrogen-bond donors (Lipinski definition) is 2. The molecule has 2 N–H and O–H groups in total. The van der Waals surface area contributed by atoms with E-state index in [1.807, 2.05) is 0 Å². The summed E-state index contributed by atoms with van der Waals surface area (Å²) in [6, 6.07) is 4.32. The zero-order valence-electron chi connectivity index (χ0n) is 14.5. The minimum Gasteiger partial charge on any atom is -0.364 e. The van der Waals surface area contributed by atoms with E-state index in [-0.39, 0.29) is 5.54 Å². The average molecular weight is 322 g/mol. The monoisotopic (exact) mass is 322 g/mol. The highest BCUT2D eigenvalue weighted by Gasteiger charge is 2.63. The highest BCUT2D eigenvalue weighted by molar-refractivity contribution is 5.89. The number of rotatable bonds is 3. The number of nitrogens with one attached hydrogen (secondary N) is 2. The first-order valence-electron chi connectivity index (χ1n) is 8.40. The van der Waals surface area contributed by atoms with Crippen LogP contribution < -0.4 is 10.6 Å². The van der Waals surface area contributed by atoms with Gasteiger partial charge >= 0.3 is 0 Å². The molecule has 0 radical (unpaired) electrons. The van der Waals surface area contributed by atoms with E-state index in [2.05, 4.69) is 59.3 Å². The van der Waals surface area contributed by atoms with Crippen LogP contribution in [0.2, 0.25) is 0 Å². The van der Waals surface area contributed by atoms with Crippen LogP contribution in [0.25, 0.3) is 10.9 Å². The van der Waals surface area contributed by atoms with E-state index in [1.54, 1.807) is 12.3 Å². The lowest BCUT2D eigenvalue weighted by Gasteiger charge is -2.32. The van der Waals surface area contributed by atoms with Crippen LogP contribution >= 0.6 is 0 Å². The molecule has 0 aliphatic heterocycles. The Kier molecular flexibility index (Phi) is 3.02. The minimum absolute atomic E-state index is 0.170. The summed E-state index contributed by atoms with van der Waals surface area (Å²) >= 11 is 0. The number of aromatic nitrogens is 3. The second-order valence-electron chi connectivity index (χ2n) is 8.39. The number of hydrogen-bond acceptors (Lipinski definition) is 6. The summed E-state index contributed by atoms with van der Waals surface area (Å²) in [5.74, 6) is 2.04. The van der Waals surface area contributed by atoms with Crippen LogP contribution in [-0.2, 0) is 0 Å². The highest BCUT2D eigenvalue weighted by atomic mass is 15.2. The Hall–Kier alpha value is -2.42. The number of anilines is 2. The lowest BCUT2D eigenvalue weighted by atomic mass is 9.82. The lowest BCUT2D eigenvalue weighted by Crippen LogP contribution is -2.36. The molecule has 2 aromatic rings. The van der Waals surface area contributed by atoms with Gasteiger partial charge in [-0.15, -0.1) is 0 Å². The van der Waals surface area contributed by atoms with Crippen LogP contribution in [0.5, 0.6) is 0 Å². The molecule has 6 heteroatoms. The Balaban J connectivity index is 1.69. The quantitative estimate of drug-likeness (QED) is 0.901. The Bertz CT molecular complexity index is 862. The largest absolute Gasteiger partial charge is 0.364 e. The topological polar surface area (TPSA) is 86.5 Å². The maximum atomic E-state index is 9.20. The van der Waals surface area contributed by atoms with Crippen molar-refractivity contribution in [2.24, 2.45) is 11.3 Å². The summed E-state index contributed by atoms with van der Waals surface area (Å²) in [7, 11) is 0. The van der Waals surface area contributed by atoms with Gasteiger partial charge in [0.05, 0.1) is 0 Å². The van der Waals surface area contributed by atoms with Crippen molar-refractivity contribution in [2.45, 2.75) is 52.1 Å². The van der Waals surface area contributed by atoms with Crippen molar-refractivity contribution in [1.82, 2.24) is 15.0 Å². The minimum atomic E-state index is -0.170. The molecule has 24 heavy (non-hydrogen) atoms. The maximum absolute atomic E-state index is 9.20. The fourth-order valence-electron chi connectivity index (χ4n) is 3.72. The van der Waals surface area contributed by atoms with Crippen molar-refractivity contribution in [3.63, 3.8) is 0 Å². The lowest BCUT2D eigenvalue weighted by molar-refractivity contribution is 0.289. The Morgan fingerprint density at radius 1 is 1.29 bits per heavy atom. The first-order valence-corrected chi connectivity index (χ1v) is 8.40. The van der Waals surface area contributed by atoms with Crippen LogP contribution in [0.15, 0.2) is 12.3 Å². The Labute approximate surface area is 141 Å². The number of nitrogens with zero attached hydrogens (tertiary/aromatic N) is 4. The molecular weight excluding hydrogens is 300 g/mol. The molecule has 2 aliphatic rings. The fourth-order valence-corrected chi connectivity index (χ4v) is 3.72. The van der Waals surface area contributed by atoms with Crippen LogP contribution in [0.3, 0.4) is 0 Å². The number of nitriles is 1. The van der Waals surface area contributed by atoms with E-state index in [4.69, 9.17) is 0 Å². The smallest absolute Gasteiger partial charge is 0.223 e. The van der Waals surface area contributed by atoms with Gasteiger partial charge in [-0.05, 0) is 51.0 Å².